The second kappa shape index (κ2) is 3.75. The fourth-order valence-electron chi connectivity index (χ4n) is 1.77. The summed E-state index contributed by atoms with van der Waals surface area (Å²) in [7, 11) is 0. The summed E-state index contributed by atoms with van der Waals surface area (Å²) in [5.74, 6) is 0.803. The van der Waals surface area contributed by atoms with Crippen molar-refractivity contribution in [2.75, 3.05) is 13.1 Å². The maximum atomic E-state index is 11.6. The van der Waals surface area contributed by atoms with E-state index in [1.165, 1.54) is 0 Å². The predicted molar refractivity (Wildman–Crippen MR) is 50.7 cm³/mol. The Balaban J connectivity index is 1.91. The third-order valence-corrected chi connectivity index (χ3v) is 2.56. The SMILES string of the molecule is O=C(CC1CCNC1)c1cc[nH]c1. The number of hydrogen-bond donors (Lipinski definition) is 2. The topological polar surface area (TPSA) is 44.9 Å². The molecule has 1 saturated heterocycles. The normalized spacial score (nSPS) is 22.0. The van der Waals surface area contributed by atoms with Gasteiger partial charge in [0.25, 0.3) is 0 Å². The number of aromatic amines is 1. The molecule has 0 spiro atoms. The van der Waals surface area contributed by atoms with Crippen LogP contribution in [0.15, 0.2) is 18.5 Å². The third-order valence-electron chi connectivity index (χ3n) is 2.56. The lowest BCUT2D eigenvalue weighted by Crippen LogP contribution is -2.12. The van der Waals surface area contributed by atoms with Crippen LogP contribution in [0.5, 0.6) is 0 Å². The highest BCUT2D eigenvalue weighted by Gasteiger charge is 2.18. The molecule has 1 aromatic heterocycles. The molecule has 1 aliphatic heterocycles. The van der Waals surface area contributed by atoms with E-state index in [9.17, 15) is 4.79 Å². The monoisotopic (exact) mass is 178 g/mol. The van der Waals surface area contributed by atoms with Crippen LogP contribution in [0.25, 0.3) is 0 Å². The highest BCUT2D eigenvalue weighted by Crippen LogP contribution is 2.15. The van der Waals surface area contributed by atoms with Gasteiger partial charge in [-0.2, -0.15) is 0 Å². The fraction of sp³-hybridized carbons (Fsp3) is 0.500. The van der Waals surface area contributed by atoms with E-state index in [1.54, 1.807) is 12.4 Å². The molecule has 2 N–H and O–H groups in total. The van der Waals surface area contributed by atoms with Crippen LogP contribution < -0.4 is 5.32 Å². The van der Waals surface area contributed by atoms with Crippen LogP contribution in [-0.2, 0) is 0 Å². The van der Waals surface area contributed by atoms with Crippen LogP contribution in [0, 0.1) is 5.92 Å². The fourth-order valence-corrected chi connectivity index (χ4v) is 1.77. The molecule has 0 aromatic carbocycles. The van der Waals surface area contributed by atoms with Crippen LogP contribution in [0.4, 0.5) is 0 Å². The largest absolute Gasteiger partial charge is 0.367 e. The van der Waals surface area contributed by atoms with Gasteiger partial charge >= 0.3 is 0 Å². The van der Waals surface area contributed by atoms with Gasteiger partial charge in [0, 0.05) is 24.4 Å². The molecular formula is C10H14N2O. The summed E-state index contributed by atoms with van der Waals surface area (Å²) < 4.78 is 0. The summed E-state index contributed by atoms with van der Waals surface area (Å²) in [6, 6.07) is 1.84. The second-order valence-corrected chi connectivity index (χ2v) is 3.59. The molecule has 1 aromatic rings. The number of rotatable bonds is 3. The van der Waals surface area contributed by atoms with Crippen molar-refractivity contribution in [2.45, 2.75) is 12.8 Å². The molecule has 0 radical (unpaired) electrons. The Morgan fingerprint density at radius 1 is 1.62 bits per heavy atom. The van der Waals surface area contributed by atoms with Crippen molar-refractivity contribution in [1.29, 1.82) is 0 Å². The lowest BCUT2D eigenvalue weighted by molar-refractivity contribution is 0.0965. The molecule has 2 heterocycles. The van der Waals surface area contributed by atoms with Crippen molar-refractivity contribution in [1.82, 2.24) is 10.3 Å². The first-order chi connectivity index (χ1) is 6.36. The third kappa shape index (κ3) is 1.98. The maximum Gasteiger partial charge on any atom is 0.164 e. The van der Waals surface area contributed by atoms with E-state index in [0.717, 1.165) is 25.1 Å². The van der Waals surface area contributed by atoms with E-state index in [4.69, 9.17) is 0 Å². The average Bonchev–Trinajstić information content (AvgIpc) is 2.74. The number of Topliss-reactive ketones (excluding diaryl/α,β-unsaturated/α-hetero) is 1. The van der Waals surface area contributed by atoms with Crippen molar-refractivity contribution in [3.63, 3.8) is 0 Å². The van der Waals surface area contributed by atoms with Crippen molar-refractivity contribution in [3.8, 4) is 0 Å². The van der Waals surface area contributed by atoms with E-state index in [-0.39, 0.29) is 5.78 Å². The molecule has 13 heavy (non-hydrogen) atoms. The summed E-state index contributed by atoms with van der Waals surface area (Å²) >= 11 is 0. The number of carbonyl (C=O) groups excluding carboxylic acids is 1. The molecule has 3 heteroatoms. The number of carbonyl (C=O) groups is 1. The first-order valence-corrected chi connectivity index (χ1v) is 4.73. The minimum atomic E-state index is 0.259. The van der Waals surface area contributed by atoms with Crippen molar-refractivity contribution in [2.24, 2.45) is 5.92 Å². The molecule has 0 saturated carbocycles. The lowest BCUT2D eigenvalue weighted by Gasteiger charge is -2.04. The standard InChI is InChI=1S/C10H14N2O/c13-10(9-2-4-12-7-9)5-8-1-3-11-6-8/h2,4,7-8,11-12H,1,3,5-6H2. The molecule has 1 fully saturated rings. The maximum absolute atomic E-state index is 11.6. The quantitative estimate of drug-likeness (QED) is 0.683. The summed E-state index contributed by atoms with van der Waals surface area (Å²) in [5, 5.41) is 3.26. The molecular weight excluding hydrogens is 164 g/mol. The van der Waals surface area contributed by atoms with E-state index < -0.39 is 0 Å². The van der Waals surface area contributed by atoms with E-state index in [2.05, 4.69) is 10.3 Å². The highest BCUT2D eigenvalue weighted by molar-refractivity contribution is 5.96. The Kier molecular flexibility index (Phi) is 2.45. The number of ketones is 1. The molecule has 0 amide bonds. The number of H-pyrrole nitrogens is 1. The second-order valence-electron chi connectivity index (χ2n) is 3.59. The molecule has 0 bridgehead atoms. The first kappa shape index (κ1) is 8.51. The minimum absolute atomic E-state index is 0.259. The molecule has 1 aliphatic rings. The Morgan fingerprint density at radius 2 is 2.54 bits per heavy atom. The van der Waals surface area contributed by atoms with Crippen LogP contribution in [-0.4, -0.2) is 23.9 Å². The summed E-state index contributed by atoms with van der Waals surface area (Å²) in [6.07, 6.45) is 5.38. The number of nitrogens with one attached hydrogen (secondary N) is 2. The Labute approximate surface area is 77.5 Å². The highest BCUT2D eigenvalue weighted by atomic mass is 16.1. The van der Waals surface area contributed by atoms with E-state index in [1.807, 2.05) is 6.07 Å². The lowest BCUT2D eigenvalue weighted by atomic mass is 9.99. The summed E-state index contributed by atoms with van der Waals surface area (Å²) in [4.78, 5) is 14.5. The zero-order valence-corrected chi connectivity index (χ0v) is 7.55. The van der Waals surface area contributed by atoms with Gasteiger partial charge in [-0.1, -0.05) is 0 Å². The van der Waals surface area contributed by atoms with Crippen LogP contribution in [0.1, 0.15) is 23.2 Å². The summed E-state index contributed by atoms with van der Waals surface area (Å²) in [5.41, 5.74) is 0.812. The Bertz CT molecular complexity index is 273. The van der Waals surface area contributed by atoms with Gasteiger partial charge < -0.3 is 10.3 Å². The predicted octanol–water partition coefficient (Wildman–Crippen LogP) is 1.20. The van der Waals surface area contributed by atoms with Gasteiger partial charge in [0.2, 0.25) is 0 Å². The molecule has 1 unspecified atom stereocenters. The van der Waals surface area contributed by atoms with E-state index in [0.29, 0.717) is 12.3 Å². The van der Waals surface area contributed by atoms with E-state index >= 15 is 0 Å². The number of aromatic nitrogens is 1. The van der Waals surface area contributed by atoms with Gasteiger partial charge in [-0.05, 0) is 31.5 Å². The zero-order chi connectivity index (χ0) is 9.10. The van der Waals surface area contributed by atoms with Crippen LogP contribution in [0.3, 0.4) is 0 Å². The molecule has 70 valence electrons. The average molecular weight is 178 g/mol. The Hall–Kier alpha value is -1.09. The first-order valence-electron chi connectivity index (χ1n) is 4.73. The molecule has 2 rings (SSSR count). The van der Waals surface area contributed by atoms with Gasteiger partial charge in [0.15, 0.2) is 5.78 Å². The zero-order valence-electron chi connectivity index (χ0n) is 7.55. The van der Waals surface area contributed by atoms with Crippen LogP contribution in [0.2, 0.25) is 0 Å². The van der Waals surface area contributed by atoms with Crippen molar-refractivity contribution in [3.05, 3.63) is 24.0 Å². The van der Waals surface area contributed by atoms with Gasteiger partial charge in [-0.15, -0.1) is 0 Å². The molecule has 1 atom stereocenters. The van der Waals surface area contributed by atoms with Gasteiger partial charge in [-0.3, -0.25) is 4.79 Å². The van der Waals surface area contributed by atoms with Gasteiger partial charge in [-0.25, -0.2) is 0 Å². The van der Waals surface area contributed by atoms with Crippen molar-refractivity contribution >= 4 is 5.78 Å². The molecule has 3 nitrogen and oxygen atoms in total. The number of hydrogen-bond acceptors (Lipinski definition) is 2. The summed E-state index contributed by atoms with van der Waals surface area (Å²) in [6.45, 7) is 2.06. The van der Waals surface area contributed by atoms with Gasteiger partial charge in [0.1, 0.15) is 0 Å². The smallest absolute Gasteiger partial charge is 0.164 e. The Morgan fingerprint density at radius 3 is 3.15 bits per heavy atom. The molecule has 0 aliphatic carbocycles. The van der Waals surface area contributed by atoms with Gasteiger partial charge in [0.05, 0.1) is 0 Å². The van der Waals surface area contributed by atoms with Crippen LogP contribution >= 0.6 is 0 Å². The minimum Gasteiger partial charge on any atom is -0.367 e. The van der Waals surface area contributed by atoms with Crippen molar-refractivity contribution < 1.29 is 4.79 Å².